The Hall–Kier alpha value is -1.55. The Balaban J connectivity index is 1.94. The largest absolute Gasteiger partial charge is 0.339 e. The first kappa shape index (κ1) is 16.8. The van der Waals surface area contributed by atoms with Crippen LogP contribution in [0, 0.1) is 5.41 Å². The maximum absolute atomic E-state index is 12.5. The summed E-state index contributed by atoms with van der Waals surface area (Å²) in [5.41, 5.74) is 0.514. The summed E-state index contributed by atoms with van der Waals surface area (Å²) in [4.78, 5) is 28.3. The molecule has 2 rings (SSSR count). The van der Waals surface area contributed by atoms with Crippen molar-refractivity contribution in [2.75, 3.05) is 26.2 Å². The van der Waals surface area contributed by atoms with Crippen LogP contribution in [0.3, 0.4) is 0 Å². The molecule has 0 bridgehead atoms. The van der Waals surface area contributed by atoms with E-state index in [9.17, 15) is 9.59 Å². The van der Waals surface area contributed by atoms with Crippen LogP contribution in [0.2, 0.25) is 5.02 Å². The van der Waals surface area contributed by atoms with E-state index in [-0.39, 0.29) is 17.2 Å². The van der Waals surface area contributed by atoms with Gasteiger partial charge in [-0.05, 0) is 17.5 Å². The van der Waals surface area contributed by atoms with E-state index in [1.807, 2.05) is 17.0 Å². The highest BCUT2D eigenvalue weighted by molar-refractivity contribution is 6.33. The van der Waals surface area contributed by atoms with Crippen molar-refractivity contribution in [3.8, 4) is 0 Å². The number of carbonyl (C=O) groups excluding carboxylic acids is 2. The smallest absolute Gasteiger partial charge is 0.255 e. The fraction of sp³-hybridized carbons (Fsp3) is 0.529. The van der Waals surface area contributed by atoms with Gasteiger partial charge in [-0.25, -0.2) is 0 Å². The van der Waals surface area contributed by atoms with Gasteiger partial charge in [-0.15, -0.1) is 0 Å². The summed E-state index contributed by atoms with van der Waals surface area (Å²) in [6.07, 6.45) is 0.533. The van der Waals surface area contributed by atoms with Crippen molar-refractivity contribution < 1.29 is 9.59 Å². The molecule has 0 aliphatic carbocycles. The van der Waals surface area contributed by atoms with Gasteiger partial charge in [-0.2, -0.15) is 0 Å². The Labute approximate surface area is 137 Å². The molecule has 1 aromatic carbocycles. The fourth-order valence-electron chi connectivity index (χ4n) is 2.53. The van der Waals surface area contributed by atoms with Crippen molar-refractivity contribution in [2.45, 2.75) is 27.2 Å². The summed E-state index contributed by atoms with van der Waals surface area (Å²) < 4.78 is 0. The van der Waals surface area contributed by atoms with Gasteiger partial charge >= 0.3 is 0 Å². The number of hydrogen-bond acceptors (Lipinski definition) is 2. The number of piperazine rings is 1. The van der Waals surface area contributed by atoms with E-state index in [0.717, 1.165) is 0 Å². The van der Waals surface area contributed by atoms with E-state index < -0.39 is 0 Å². The van der Waals surface area contributed by atoms with Gasteiger partial charge in [0.25, 0.3) is 5.91 Å². The zero-order valence-corrected chi connectivity index (χ0v) is 14.2. The zero-order chi connectivity index (χ0) is 16.3. The second kappa shape index (κ2) is 6.69. The Bertz CT molecular complexity index is 558. The zero-order valence-electron chi connectivity index (χ0n) is 13.4. The Morgan fingerprint density at radius 1 is 1.05 bits per heavy atom. The van der Waals surface area contributed by atoms with E-state index >= 15 is 0 Å². The van der Waals surface area contributed by atoms with Gasteiger partial charge in [0.05, 0.1) is 10.6 Å². The molecule has 0 radical (unpaired) electrons. The minimum absolute atomic E-state index is 0.0123. The summed E-state index contributed by atoms with van der Waals surface area (Å²) in [6.45, 7) is 8.46. The maximum atomic E-state index is 12.5. The first-order chi connectivity index (χ1) is 10.3. The van der Waals surface area contributed by atoms with Gasteiger partial charge < -0.3 is 9.80 Å². The molecule has 2 amide bonds. The molecule has 1 aromatic rings. The van der Waals surface area contributed by atoms with Gasteiger partial charge in [0.15, 0.2) is 0 Å². The number of benzene rings is 1. The van der Waals surface area contributed by atoms with E-state index in [2.05, 4.69) is 20.8 Å². The van der Waals surface area contributed by atoms with Crippen LogP contribution in [-0.2, 0) is 4.79 Å². The van der Waals surface area contributed by atoms with Crippen molar-refractivity contribution in [3.05, 3.63) is 34.9 Å². The highest BCUT2D eigenvalue weighted by Gasteiger charge is 2.27. The Kier molecular flexibility index (Phi) is 5.12. The van der Waals surface area contributed by atoms with Gasteiger partial charge in [-0.3, -0.25) is 9.59 Å². The van der Waals surface area contributed by atoms with E-state index in [1.165, 1.54) is 0 Å². The molecule has 0 saturated carbocycles. The standard InChI is InChI=1S/C17H23ClN2O2/c1-17(2,3)12-15(21)19-8-10-20(11-9-19)16(22)13-6-4-5-7-14(13)18/h4-7H,8-12H2,1-3H3. The molecular weight excluding hydrogens is 300 g/mol. The Morgan fingerprint density at radius 2 is 1.59 bits per heavy atom. The van der Waals surface area contributed by atoms with Crippen molar-refractivity contribution in [1.29, 1.82) is 0 Å². The lowest BCUT2D eigenvalue weighted by atomic mass is 9.91. The molecule has 1 heterocycles. The second-order valence-corrected chi connectivity index (χ2v) is 7.30. The predicted octanol–water partition coefficient (Wildman–Crippen LogP) is 3.06. The van der Waals surface area contributed by atoms with Crippen LogP contribution in [0.5, 0.6) is 0 Å². The van der Waals surface area contributed by atoms with Gasteiger partial charge in [-0.1, -0.05) is 44.5 Å². The van der Waals surface area contributed by atoms with Gasteiger partial charge in [0.1, 0.15) is 0 Å². The Morgan fingerprint density at radius 3 is 2.14 bits per heavy atom. The van der Waals surface area contributed by atoms with Crippen LogP contribution in [-0.4, -0.2) is 47.8 Å². The quantitative estimate of drug-likeness (QED) is 0.839. The molecule has 1 aliphatic heterocycles. The molecule has 4 nitrogen and oxygen atoms in total. The average molecular weight is 323 g/mol. The lowest BCUT2D eigenvalue weighted by molar-refractivity contribution is -0.134. The molecule has 1 aliphatic rings. The number of rotatable bonds is 2. The third kappa shape index (κ3) is 4.23. The third-order valence-electron chi connectivity index (χ3n) is 3.71. The summed E-state index contributed by atoms with van der Waals surface area (Å²) in [5, 5.41) is 0.471. The van der Waals surface area contributed by atoms with Crippen LogP contribution >= 0.6 is 11.6 Å². The topological polar surface area (TPSA) is 40.6 Å². The molecule has 22 heavy (non-hydrogen) atoms. The van der Waals surface area contributed by atoms with Crippen molar-refractivity contribution in [3.63, 3.8) is 0 Å². The maximum Gasteiger partial charge on any atom is 0.255 e. The highest BCUT2D eigenvalue weighted by atomic mass is 35.5. The number of nitrogens with zero attached hydrogens (tertiary/aromatic N) is 2. The molecular formula is C17H23ClN2O2. The fourth-order valence-corrected chi connectivity index (χ4v) is 2.75. The molecule has 0 spiro atoms. The minimum Gasteiger partial charge on any atom is -0.339 e. The van der Waals surface area contributed by atoms with E-state index in [4.69, 9.17) is 11.6 Å². The summed E-state index contributed by atoms with van der Waals surface area (Å²) in [6, 6.07) is 7.07. The SMILES string of the molecule is CC(C)(C)CC(=O)N1CCN(C(=O)c2ccccc2Cl)CC1. The minimum atomic E-state index is -0.0616. The predicted molar refractivity (Wildman–Crippen MR) is 88.0 cm³/mol. The van der Waals surface area contributed by atoms with Crippen LogP contribution < -0.4 is 0 Å². The van der Waals surface area contributed by atoms with Crippen LogP contribution in [0.25, 0.3) is 0 Å². The normalized spacial score (nSPS) is 15.8. The van der Waals surface area contributed by atoms with Crippen molar-refractivity contribution >= 4 is 23.4 Å². The lowest BCUT2D eigenvalue weighted by Crippen LogP contribution is -2.51. The molecule has 1 saturated heterocycles. The number of halogens is 1. The van der Waals surface area contributed by atoms with E-state index in [0.29, 0.717) is 43.2 Å². The van der Waals surface area contributed by atoms with Crippen molar-refractivity contribution in [1.82, 2.24) is 9.80 Å². The number of amides is 2. The van der Waals surface area contributed by atoms with E-state index in [1.54, 1.807) is 17.0 Å². The second-order valence-electron chi connectivity index (χ2n) is 6.89. The third-order valence-corrected chi connectivity index (χ3v) is 4.03. The molecule has 0 unspecified atom stereocenters. The highest BCUT2D eigenvalue weighted by Crippen LogP contribution is 2.21. The number of hydrogen-bond donors (Lipinski definition) is 0. The van der Waals surface area contributed by atoms with Crippen LogP contribution in [0.1, 0.15) is 37.6 Å². The number of carbonyl (C=O) groups is 2. The summed E-state index contributed by atoms with van der Waals surface area (Å²) in [7, 11) is 0. The lowest BCUT2D eigenvalue weighted by Gasteiger charge is -2.36. The van der Waals surface area contributed by atoms with Crippen LogP contribution in [0.15, 0.2) is 24.3 Å². The van der Waals surface area contributed by atoms with Gasteiger partial charge in [0, 0.05) is 32.6 Å². The molecule has 0 aromatic heterocycles. The van der Waals surface area contributed by atoms with Crippen LogP contribution in [0.4, 0.5) is 0 Å². The molecule has 0 atom stereocenters. The molecule has 5 heteroatoms. The average Bonchev–Trinajstić information content (AvgIpc) is 2.45. The van der Waals surface area contributed by atoms with Crippen molar-refractivity contribution in [2.24, 2.45) is 5.41 Å². The first-order valence-electron chi connectivity index (χ1n) is 7.59. The summed E-state index contributed by atoms with van der Waals surface area (Å²) >= 11 is 6.08. The molecule has 120 valence electrons. The molecule has 0 N–H and O–H groups in total. The monoisotopic (exact) mass is 322 g/mol. The van der Waals surface area contributed by atoms with Gasteiger partial charge in [0.2, 0.25) is 5.91 Å². The molecule has 1 fully saturated rings. The summed E-state index contributed by atoms with van der Waals surface area (Å²) in [5.74, 6) is 0.103. The first-order valence-corrected chi connectivity index (χ1v) is 7.97.